The van der Waals surface area contributed by atoms with Crippen LogP contribution in [-0.4, -0.2) is 17.2 Å². The van der Waals surface area contributed by atoms with E-state index in [0.717, 1.165) is 0 Å². The lowest BCUT2D eigenvalue weighted by molar-refractivity contribution is -0.185. The van der Waals surface area contributed by atoms with Crippen LogP contribution in [0.5, 0.6) is 0 Å². The average molecular weight is 301 g/mol. The van der Waals surface area contributed by atoms with Gasteiger partial charge in [0, 0.05) is 11.6 Å². The van der Waals surface area contributed by atoms with Gasteiger partial charge in [0.1, 0.15) is 0 Å². The molecular weight excluding hydrogens is 283 g/mol. The highest BCUT2D eigenvalue weighted by Gasteiger charge is 2.43. The van der Waals surface area contributed by atoms with Gasteiger partial charge in [-0.1, -0.05) is 18.6 Å². The van der Waals surface area contributed by atoms with Crippen LogP contribution in [0, 0.1) is 11.8 Å². The Labute approximate surface area is 121 Å². The number of halogens is 3. The van der Waals surface area contributed by atoms with Crippen molar-refractivity contribution >= 4 is 11.6 Å². The van der Waals surface area contributed by atoms with Crippen molar-refractivity contribution < 1.29 is 23.1 Å². The number of amides is 1. The third-order valence-electron chi connectivity index (χ3n) is 3.89. The molecule has 21 heavy (non-hydrogen) atoms. The standard InChI is InChI=1S/C15H18F3NO2/c16-15(17,18)12-5-2-4-11(8-12)14(21)19-13-6-1-3-10(7-13)9-20/h1,3,6-7,11-12,20H,2,4-5,8-9H2,(H,19,21). The summed E-state index contributed by atoms with van der Waals surface area (Å²) in [5, 5.41) is 11.7. The normalized spacial score (nSPS) is 22.9. The molecule has 0 aliphatic heterocycles. The number of aliphatic hydroxyl groups excluding tert-OH is 1. The number of anilines is 1. The Balaban J connectivity index is 1.99. The summed E-state index contributed by atoms with van der Waals surface area (Å²) in [5.74, 6) is -2.37. The van der Waals surface area contributed by atoms with Gasteiger partial charge in [-0.25, -0.2) is 0 Å². The van der Waals surface area contributed by atoms with Gasteiger partial charge < -0.3 is 10.4 Å². The fraction of sp³-hybridized carbons (Fsp3) is 0.533. The zero-order valence-electron chi connectivity index (χ0n) is 11.5. The van der Waals surface area contributed by atoms with Crippen LogP contribution in [-0.2, 0) is 11.4 Å². The van der Waals surface area contributed by atoms with Crippen molar-refractivity contribution in [3.05, 3.63) is 29.8 Å². The Bertz CT molecular complexity index is 502. The van der Waals surface area contributed by atoms with Gasteiger partial charge in [0.2, 0.25) is 5.91 Å². The van der Waals surface area contributed by atoms with Crippen LogP contribution in [0.2, 0.25) is 0 Å². The quantitative estimate of drug-likeness (QED) is 0.898. The third kappa shape index (κ3) is 4.20. The largest absolute Gasteiger partial charge is 0.392 e. The molecule has 2 atom stereocenters. The Morgan fingerprint density at radius 1 is 1.33 bits per heavy atom. The molecule has 2 unspecified atom stereocenters. The Kier molecular flexibility index (Phi) is 4.88. The van der Waals surface area contributed by atoms with Crippen molar-refractivity contribution in [2.24, 2.45) is 11.8 Å². The zero-order chi connectivity index (χ0) is 15.5. The number of carbonyl (C=O) groups is 1. The van der Waals surface area contributed by atoms with E-state index < -0.39 is 18.0 Å². The lowest BCUT2D eigenvalue weighted by atomic mass is 9.80. The van der Waals surface area contributed by atoms with Crippen LogP contribution in [0.1, 0.15) is 31.2 Å². The second kappa shape index (κ2) is 6.47. The number of aliphatic hydroxyl groups is 1. The van der Waals surface area contributed by atoms with Gasteiger partial charge in [-0.2, -0.15) is 13.2 Å². The van der Waals surface area contributed by atoms with Crippen LogP contribution < -0.4 is 5.32 Å². The molecule has 6 heteroatoms. The molecule has 0 saturated heterocycles. The number of hydrogen-bond donors (Lipinski definition) is 2. The molecule has 0 bridgehead atoms. The van der Waals surface area contributed by atoms with Crippen LogP contribution in [0.25, 0.3) is 0 Å². The highest BCUT2D eigenvalue weighted by Crippen LogP contribution is 2.40. The smallest absolute Gasteiger partial charge is 0.391 e. The summed E-state index contributed by atoms with van der Waals surface area (Å²) in [6.07, 6.45) is -3.37. The van der Waals surface area contributed by atoms with E-state index in [1.54, 1.807) is 24.3 Å². The van der Waals surface area contributed by atoms with E-state index in [0.29, 0.717) is 24.1 Å². The van der Waals surface area contributed by atoms with E-state index in [1.165, 1.54) is 0 Å². The van der Waals surface area contributed by atoms with Crippen molar-refractivity contribution in [1.29, 1.82) is 0 Å². The maximum Gasteiger partial charge on any atom is 0.391 e. The first-order valence-electron chi connectivity index (χ1n) is 6.97. The maximum atomic E-state index is 12.7. The second-order valence-corrected chi connectivity index (χ2v) is 5.45. The summed E-state index contributed by atoms with van der Waals surface area (Å²) in [4.78, 5) is 12.1. The molecule has 1 fully saturated rings. The van der Waals surface area contributed by atoms with Crippen LogP contribution >= 0.6 is 0 Å². The SMILES string of the molecule is O=C(Nc1cccc(CO)c1)C1CCCC(C(F)(F)F)C1. The molecule has 2 rings (SSSR count). The molecule has 1 aliphatic carbocycles. The van der Waals surface area contributed by atoms with Gasteiger partial charge >= 0.3 is 6.18 Å². The number of benzene rings is 1. The van der Waals surface area contributed by atoms with E-state index in [4.69, 9.17) is 5.11 Å². The van der Waals surface area contributed by atoms with Crippen molar-refractivity contribution in [1.82, 2.24) is 0 Å². The molecule has 1 amide bonds. The molecule has 2 N–H and O–H groups in total. The first-order valence-corrected chi connectivity index (χ1v) is 6.97. The topological polar surface area (TPSA) is 49.3 Å². The van der Waals surface area contributed by atoms with E-state index >= 15 is 0 Å². The Hall–Kier alpha value is -1.56. The summed E-state index contributed by atoms with van der Waals surface area (Å²) < 4.78 is 38.2. The summed E-state index contributed by atoms with van der Waals surface area (Å²) >= 11 is 0. The van der Waals surface area contributed by atoms with Gasteiger partial charge in [0.15, 0.2) is 0 Å². The molecule has 1 saturated carbocycles. The summed E-state index contributed by atoms with van der Waals surface area (Å²) in [6.45, 7) is -0.150. The van der Waals surface area contributed by atoms with Gasteiger partial charge in [-0.05, 0) is 37.0 Å². The van der Waals surface area contributed by atoms with E-state index in [9.17, 15) is 18.0 Å². The molecule has 0 aromatic heterocycles. The highest BCUT2D eigenvalue weighted by molar-refractivity contribution is 5.92. The fourth-order valence-electron chi connectivity index (χ4n) is 2.72. The molecule has 1 aromatic carbocycles. The van der Waals surface area contributed by atoms with Crippen molar-refractivity contribution in [2.45, 2.75) is 38.5 Å². The van der Waals surface area contributed by atoms with E-state index in [2.05, 4.69) is 5.32 Å². The number of alkyl halides is 3. The number of rotatable bonds is 3. The van der Waals surface area contributed by atoms with E-state index in [1.807, 2.05) is 0 Å². The molecule has 1 aromatic rings. The van der Waals surface area contributed by atoms with Crippen molar-refractivity contribution in [3.8, 4) is 0 Å². The van der Waals surface area contributed by atoms with Gasteiger partial charge in [0.05, 0.1) is 12.5 Å². The molecule has 3 nitrogen and oxygen atoms in total. The minimum Gasteiger partial charge on any atom is -0.392 e. The second-order valence-electron chi connectivity index (χ2n) is 5.45. The average Bonchev–Trinajstić information content (AvgIpc) is 2.46. The summed E-state index contributed by atoms with van der Waals surface area (Å²) in [7, 11) is 0. The molecule has 116 valence electrons. The molecule has 1 aliphatic rings. The monoisotopic (exact) mass is 301 g/mol. The number of nitrogens with one attached hydrogen (secondary N) is 1. The highest BCUT2D eigenvalue weighted by atomic mass is 19.4. The first kappa shape index (κ1) is 15.8. The molecule has 0 spiro atoms. The van der Waals surface area contributed by atoms with Crippen LogP contribution in [0.4, 0.5) is 18.9 Å². The summed E-state index contributed by atoms with van der Waals surface area (Å²) in [6, 6.07) is 6.65. The minimum absolute atomic E-state index is 0.104. The molecular formula is C15H18F3NO2. The van der Waals surface area contributed by atoms with Crippen molar-refractivity contribution in [2.75, 3.05) is 5.32 Å². The van der Waals surface area contributed by atoms with Gasteiger partial charge in [-0.3, -0.25) is 4.79 Å². The van der Waals surface area contributed by atoms with Crippen LogP contribution in [0.15, 0.2) is 24.3 Å². The Morgan fingerprint density at radius 2 is 2.10 bits per heavy atom. The maximum absolute atomic E-state index is 12.7. The zero-order valence-corrected chi connectivity index (χ0v) is 11.5. The van der Waals surface area contributed by atoms with Gasteiger partial charge in [0.25, 0.3) is 0 Å². The molecule has 0 heterocycles. The minimum atomic E-state index is -4.23. The predicted molar refractivity (Wildman–Crippen MR) is 72.5 cm³/mol. The number of carbonyl (C=O) groups excluding carboxylic acids is 1. The fourth-order valence-corrected chi connectivity index (χ4v) is 2.72. The Morgan fingerprint density at radius 3 is 2.76 bits per heavy atom. The predicted octanol–water partition coefficient (Wildman–Crippen LogP) is 3.49. The lowest BCUT2D eigenvalue weighted by Gasteiger charge is -2.29. The number of hydrogen-bond acceptors (Lipinski definition) is 2. The third-order valence-corrected chi connectivity index (χ3v) is 3.89. The molecule has 0 radical (unpaired) electrons. The lowest BCUT2D eigenvalue weighted by Crippen LogP contribution is -2.34. The van der Waals surface area contributed by atoms with Crippen LogP contribution in [0.3, 0.4) is 0 Å². The van der Waals surface area contributed by atoms with Crippen molar-refractivity contribution in [3.63, 3.8) is 0 Å². The van der Waals surface area contributed by atoms with Gasteiger partial charge in [-0.15, -0.1) is 0 Å². The first-order chi connectivity index (χ1) is 9.90. The summed E-state index contributed by atoms with van der Waals surface area (Å²) in [5.41, 5.74) is 1.14. The van der Waals surface area contributed by atoms with E-state index in [-0.39, 0.29) is 25.4 Å².